The normalized spacial score (nSPS) is 11.3. The van der Waals surface area contributed by atoms with Crippen molar-refractivity contribution in [3.63, 3.8) is 0 Å². The van der Waals surface area contributed by atoms with Crippen molar-refractivity contribution in [1.82, 2.24) is 0 Å². The molecule has 0 aliphatic heterocycles. The van der Waals surface area contributed by atoms with Crippen molar-refractivity contribution in [2.45, 2.75) is 4.90 Å². The minimum absolute atomic E-state index is 0.0647. The van der Waals surface area contributed by atoms with Gasteiger partial charge in [0, 0.05) is 5.39 Å². The highest BCUT2D eigenvalue weighted by atomic mass is 32.2. The molecule has 2 aromatic rings. The van der Waals surface area contributed by atoms with Crippen LogP contribution in [0.25, 0.3) is 15.7 Å². The van der Waals surface area contributed by atoms with Gasteiger partial charge in [0.05, 0.1) is 10.3 Å². The Labute approximate surface area is 96.5 Å². The smallest absolute Gasteiger partial charge is 0.385 e. The van der Waals surface area contributed by atoms with Crippen LogP contribution in [-0.4, -0.2) is 13.0 Å². The number of nitrogens with zero attached hydrogens (tertiary/aromatic N) is 2. The number of fused-ring (bicyclic) bond motifs is 1. The summed E-state index contributed by atoms with van der Waals surface area (Å²) in [6.07, 6.45) is 0. The van der Waals surface area contributed by atoms with Gasteiger partial charge in [-0.3, -0.25) is 0 Å². The predicted octanol–water partition coefficient (Wildman–Crippen LogP) is 1.30. The molecule has 0 aliphatic carbocycles. The molecule has 2 rings (SSSR count). The van der Waals surface area contributed by atoms with Crippen molar-refractivity contribution >= 4 is 26.6 Å². The number of hydrogen-bond acceptors (Lipinski definition) is 5. The van der Waals surface area contributed by atoms with E-state index in [-0.39, 0.29) is 16.5 Å². The summed E-state index contributed by atoms with van der Waals surface area (Å²) in [5.41, 5.74) is -0.284. The van der Waals surface area contributed by atoms with Crippen LogP contribution in [0.3, 0.4) is 0 Å². The van der Waals surface area contributed by atoms with Gasteiger partial charge in [0.15, 0.2) is 4.98 Å². The zero-order chi connectivity index (χ0) is 12.6. The highest BCUT2D eigenvalue weighted by molar-refractivity contribution is 7.86. The largest absolute Gasteiger partial charge is 0.867 e. The van der Waals surface area contributed by atoms with Crippen LogP contribution in [0.5, 0.6) is 5.75 Å². The Bertz CT molecular complexity index is 747. The fourth-order valence-corrected chi connectivity index (χ4v) is 2.31. The molecule has 6 nitrogen and oxygen atoms in total. The van der Waals surface area contributed by atoms with Crippen LogP contribution < -0.4 is 5.11 Å². The molecule has 86 valence electrons. The predicted molar refractivity (Wildman–Crippen MR) is 56.1 cm³/mol. The molecule has 0 atom stereocenters. The second-order valence-electron chi connectivity index (χ2n) is 3.32. The first-order chi connectivity index (χ1) is 7.95. The fraction of sp³-hybridized carbons (Fsp3) is 0. The molecule has 0 saturated carbocycles. The third kappa shape index (κ3) is 1.80. The van der Waals surface area contributed by atoms with Gasteiger partial charge in [-0.2, -0.15) is 0 Å². The van der Waals surface area contributed by atoms with Crippen molar-refractivity contribution in [2.75, 3.05) is 0 Å². The minimum Gasteiger partial charge on any atom is -0.867 e. The average molecular weight is 249 g/mol. The molecule has 0 heterocycles. The second-order valence-corrected chi connectivity index (χ2v) is 4.67. The summed E-state index contributed by atoms with van der Waals surface area (Å²) >= 11 is 0. The molecule has 0 radical (unpaired) electrons. The van der Waals surface area contributed by atoms with E-state index in [9.17, 15) is 18.1 Å². The zero-order valence-corrected chi connectivity index (χ0v) is 9.14. The summed E-state index contributed by atoms with van der Waals surface area (Å²) in [5.74, 6) is -0.819. The van der Waals surface area contributed by atoms with Gasteiger partial charge in [-0.25, -0.2) is 8.42 Å². The number of diazo groups is 1. The van der Waals surface area contributed by atoms with Crippen LogP contribution in [0, 0.1) is 5.39 Å². The molecule has 2 aromatic carbocycles. The van der Waals surface area contributed by atoms with Crippen molar-refractivity contribution in [1.29, 1.82) is 5.39 Å². The van der Waals surface area contributed by atoms with Crippen molar-refractivity contribution in [3.8, 4) is 5.75 Å². The monoisotopic (exact) mass is 249 g/mol. The third-order valence-electron chi connectivity index (χ3n) is 2.31. The Hall–Kier alpha value is -2.17. The molecule has 0 fully saturated rings. The van der Waals surface area contributed by atoms with E-state index in [1.165, 1.54) is 24.3 Å². The van der Waals surface area contributed by atoms with E-state index in [0.717, 1.165) is 0 Å². The molecule has 0 aromatic heterocycles. The number of hydrogen-bond donors (Lipinski definition) is 0. The molecule has 0 amide bonds. The van der Waals surface area contributed by atoms with Crippen molar-refractivity contribution in [2.24, 2.45) is 0 Å². The van der Waals surface area contributed by atoms with E-state index >= 15 is 0 Å². The Morgan fingerprint density at radius 1 is 1.18 bits per heavy atom. The summed E-state index contributed by atoms with van der Waals surface area (Å²) < 4.78 is 33.0. The molecule has 0 spiro atoms. The Kier molecular flexibility index (Phi) is 2.46. The molecule has 0 unspecified atom stereocenters. The van der Waals surface area contributed by atoms with Gasteiger partial charge in [-0.15, -0.1) is 0 Å². The van der Waals surface area contributed by atoms with Crippen LogP contribution in [0.2, 0.25) is 0 Å². The highest BCUT2D eigenvalue weighted by Gasteiger charge is 2.18. The molecular weight excluding hydrogens is 244 g/mol. The Balaban J connectivity index is 3.06. The maximum atomic E-state index is 11.5. The van der Waals surface area contributed by atoms with Crippen LogP contribution in [0.4, 0.5) is 5.69 Å². The van der Waals surface area contributed by atoms with Crippen molar-refractivity contribution < 1.29 is 18.1 Å². The highest BCUT2D eigenvalue weighted by Crippen LogP contribution is 2.37. The molecule has 17 heavy (non-hydrogen) atoms. The zero-order valence-electron chi connectivity index (χ0n) is 8.32. The quantitative estimate of drug-likeness (QED) is 0.559. The number of benzene rings is 2. The van der Waals surface area contributed by atoms with Gasteiger partial charge in [-0.1, -0.05) is 18.2 Å². The first-order valence-electron chi connectivity index (χ1n) is 4.49. The Morgan fingerprint density at radius 3 is 2.29 bits per heavy atom. The SMILES string of the molecule is N#[N+]c1c([O-])cc(S(=O)(=O)[O-])c2ccccc12. The number of rotatable bonds is 1. The maximum absolute atomic E-state index is 11.5. The standard InChI is InChI=1S/C10H6N2O4S/c11-12-10-7-4-2-1-3-6(7)9(5-8(10)13)17(14,15)16/h1-5H,(H-,13,14,15,16)/p-1. The lowest BCUT2D eigenvalue weighted by molar-refractivity contribution is -0.267. The van der Waals surface area contributed by atoms with Gasteiger partial charge < -0.3 is 9.66 Å². The molecule has 7 heteroatoms. The van der Waals surface area contributed by atoms with E-state index in [1.807, 2.05) is 0 Å². The van der Waals surface area contributed by atoms with Gasteiger partial charge >= 0.3 is 5.69 Å². The van der Waals surface area contributed by atoms with E-state index in [2.05, 4.69) is 4.98 Å². The molecule has 0 bridgehead atoms. The average Bonchev–Trinajstić information content (AvgIpc) is 2.27. The summed E-state index contributed by atoms with van der Waals surface area (Å²) in [6, 6.07) is 6.49. The van der Waals surface area contributed by atoms with Gasteiger partial charge in [0.1, 0.15) is 10.1 Å². The van der Waals surface area contributed by atoms with Crippen LogP contribution >= 0.6 is 0 Å². The van der Waals surface area contributed by atoms with Gasteiger partial charge in [0.25, 0.3) is 0 Å². The van der Waals surface area contributed by atoms with E-state index < -0.39 is 20.8 Å². The molecule has 0 N–H and O–H groups in total. The summed E-state index contributed by atoms with van der Waals surface area (Å²) in [5, 5.41) is 20.4. The summed E-state index contributed by atoms with van der Waals surface area (Å²) in [4.78, 5) is 2.21. The summed E-state index contributed by atoms with van der Waals surface area (Å²) in [6.45, 7) is 0. The lowest BCUT2D eigenvalue weighted by Crippen LogP contribution is -2.02. The lowest BCUT2D eigenvalue weighted by Gasteiger charge is -2.13. The fourth-order valence-electron chi connectivity index (χ4n) is 1.61. The third-order valence-corrected chi connectivity index (χ3v) is 3.19. The van der Waals surface area contributed by atoms with Crippen molar-refractivity contribution in [3.05, 3.63) is 35.3 Å². The van der Waals surface area contributed by atoms with E-state index in [4.69, 9.17) is 5.39 Å². The van der Waals surface area contributed by atoms with E-state index in [0.29, 0.717) is 6.07 Å². The van der Waals surface area contributed by atoms with Gasteiger partial charge in [0.2, 0.25) is 5.39 Å². The minimum atomic E-state index is -4.75. The molecular formula is C10H5N2O4S-. The van der Waals surface area contributed by atoms with E-state index in [1.54, 1.807) is 0 Å². The second kappa shape index (κ2) is 3.69. The molecule has 0 saturated heterocycles. The van der Waals surface area contributed by atoms with Crippen LogP contribution in [0.15, 0.2) is 35.2 Å². The summed E-state index contributed by atoms with van der Waals surface area (Å²) in [7, 11) is -4.75. The maximum Gasteiger partial charge on any atom is 0.385 e. The Morgan fingerprint density at radius 2 is 1.76 bits per heavy atom. The van der Waals surface area contributed by atoms with Gasteiger partial charge in [-0.05, 0) is 17.9 Å². The topological polar surface area (TPSA) is 108 Å². The lowest BCUT2D eigenvalue weighted by atomic mass is 10.1. The van der Waals surface area contributed by atoms with Crippen LogP contribution in [0.1, 0.15) is 0 Å². The first kappa shape index (κ1) is 11.3. The van der Waals surface area contributed by atoms with Crippen LogP contribution in [-0.2, 0) is 10.1 Å². The first-order valence-corrected chi connectivity index (χ1v) is 5.89. The molecule has 0 aliphatic rings.